The number of epoxide rings is 1. The van der Waals surface area contributed by atoms with Gasteiger partial charge in [0.05, 0.1) is 13.7 Å². The van der Waals surface area contributed by atoms with Gasteiger partial charge in [0, 0.05) is 6.07 Å². The van der Waals surface area contributed by atoms with Crippen LogP contribution in [0.25, 0.3) is 0 Å². The van der Waals surface area contributed by atoms with Gasteiger partial charge in [0.15, 0.2) is 0 Å². The summed E-state index contributed by atoms with van der Waals surface area (Å²) < 4.78 is 15.4. The molecule has 0 amide bonds. The molecular weight excluding hydrogens is 212 g/mol. The summed E-state index contributed by atoms with van der Waals surface area (Å²) in [6, 6.07) is 4.63. The number of rotatable bonds is 5. The van der Waals surface area contributed by atoms with Crippen molar-refractivity contribution in [3.05, 3.63) is 23.8 Å². The van der Waals surface area contributed by atoms with Gasteiger partial charge >= 0.3 is 5.97 Å². The highest BCUT2D eigenvalue weighted by atomic mass is 16.6. The monoisotopic (exact) mass is 224 g/mol. The van der Waals surface area contributed by atoms with Crippen molar-refractivity contribution in [2.24, 2.45) is 0 Å². The number of benzene rings is 1. The zero-order valence-electron chi connectivity index (χ0n) is 8.80. The SMILES string of the molecule is COc1cc(OCC2CO2)ccc1C(=O)O. The molecule has 1 heterocycles. The van der Waals surface area contributed by atoms with Gasteiger partial charge in [0.2, 0.25) is 0 Å². The van der Waals surface area contributed by atoms with Crippen LogP contribution in [0.1, 0.15) is 10.4 Å². The topological polar surface area (TPSA) is 68.3 Å². The van der Waals surface area contributed by atoms with Crippen LogP contribution in [0.5, 0.6) is 11.5 Å². The van der Waals surface area contributed by atoms with Crippen LogP contribution in [0.15, 0.2) is 18.2 Å². The second kappa shape index (κ2) is 4.40. The molecule has 86 valence electrons. The number of hydrogen-bond acceptors (Lipinski definition) is 4. The molecule has 1 unspecified atom stereocenters. The Morgan fingerprint density at radius 1 is 1.62 bits per heavy atom. The van der Waals surface area contributed by atoms with E-state index in [0.29, 0.717) is 18.1 Å². The number of methoxy groups -OCH3 is 1. The summed E-state index contributed by atoms with van der Waals surface area (Å²) >= 11 is 0. The summed E-state index contributed by atoms with van der Waals surface area (Å²) in [5.74, 6) is -0.145. The zero-order valence-corrected chi connectivity index (χ0v) is 8.80. The Hall–Kier alpha value is -1.75. The van der Waals surface area contributed by atoms with E-state index in [-0.39, 0.29) is 11.7 Å². The first-order valence-electron chi connectivity index (χ1n) is 4.86. The maximum Gasteiger partial charge on any atom is 0.339 e. The standard InChI is InChI=1S/C11H12O5/c1-14-10-4-7(15-5-8-6-16-8)2-3-9(10)11(12)13/h2-4,8H,5-6H2,1H3,(H,12,13). The largest absolute Gasteiger partial charge is 0.496 e. The number of hydrogen-bond donors (Lipinski definition) is 1. The minimum Gasteiger partial charge on any atom is -0.496 e. The predicted molar refractivity (Wildman–Crippen MR) is 55.2 cm³/mol. The third-order valence-electron chi connectivity index (χ3n) is 2.24. The summed E-state index contributed by atoms with van der Waals surface area (Å²) in [7, 11) is 1.43. The average molecular weight is 224 g/mol. The van der Waals surface area contributed by atoms with Crippen LogP contribution in [-0.2, 0) is 4.74 Å². The van der Waals surface area contributed by atoms with Crippen LogP contribution in [0, 0.1) is 0 Å². The molecular formula is C11H12O5. The van der Waals surface area contributed by atoms with E-state index in [1.165, 1.54) is 13.2 Å². The molecule has 1 aliphatic heterocycles. The Kier molecular flexibility index (Phi) is 2.96. The first-order chi connectivity index (χ1) is 7.70. The van der Waals surface area contributed by atoms with Crippen molar-refractivity contribution in [3.63, 3.8) is 0 Å². The molecule has 1 aromatic carbocycles. The fourth-order valence-electron chi connectivity index (χ4n) is 1.29. The van der Waals surface area contributed by atoms with Crippen LogP contribution in [0.2, 0.25) is 0 Å². The first-order valence-corrected chi connectivity index (χ1v) is 4.86. The molecule has 1 aromatic rings. The van der Waals surface area contributed by atoms with E-state index >= 15 is 0 Å². The van der Waals surface area contributed by atoms with Crippen LogP contribution >= 0.6 is 0 Å². The number of carbonyl (C=O) groups is 1. The molecule has 0 bridgehead atoms. The highest BCUT2D eigenvalue weighted by Crippen LogP contribution is 2.25. The van der Waals surface area contributed by atoms with Gasteiger partial charge < -0.3 is 19.3 Å². The molecule has 16 heavy (non-hydrogen) atoms. The Bertz CT molecular complexity index is 397. The van der Waals surface area contributed by atoms with Crippen LogP contribution < -0.4 is 9.47 Å². The lowest BCUT2D eigenvalue weighted by molar-refractivity contribution is 0.0693. The van der Waals surface area contributed by atoms with Crippen molar-refractivity contribution in [1.29, 1.82) is 0 Å². The lowest BCUT2D eigenvalue weighted by Crippen LogP contribution is -2.05. The number of carboxylic acid groups (broad SMARTS) is 1. The minimum atomic E-state index is -1.02. The van der Waals surface area contributed by atoms with E-state index in [0.717, 1.165) is 6.61 Å². The Morgan fingerprint density at radius 2 is 2.38 bits per heavy atom. The van der Waals surface area contributed by atoms with E-state index in [1.807, 2.05) is 0 Å². The molecule has 1 atom stereocenters. The Balaban J connectivity index is 2.11. The van der Waals surface area contributed by atoms with E-state index < -0.39 is 5.97 Å². The molecule has 0 radical (unpaired) electrons. The number of ether oxygens (including phenoxy) is 3. The van der Waals surface area contributed by atoms with Crippen molar-refractivity contribution < 1.29 is 24.1 Å². The van der Waals surface area contributed by atoms with Gasteiger partial charge in [-0.05, 0) is 12.1 Å². The van der Waals surface area contributed by atoms with Crippen molar-refractivity contribution in [2.45, 2.75) is 6.10 Å². The smallest absolute Gasteiger partial charge is 0.339 e. The Morgan fingerprint density at radius 3 is 2.94 bits per heavy atom. The second-order valence-electron chi connectivity index (χ2n) is 3.43. The lowest BCUT2D eigenvalue weighted by atomic mass is 10.2. The van der Waals surface area contributed by atoms with Gasteiger partial charge in [-0.15, -0.1) is 0 Å². The van der Waals surface area contributed by atoms with Crippen LogP contribution in [0.4, 0.5) is 0 Å². The summed E-state index contributed by atoms with van der Waals surface area (Å²) in [6.45, 7) is 1.21. The highest BCUT2D eigenvalue weighted by Gasteiger charge is 2.23. The lowest BCUT2D eigenvalue weighted by Gasteiger charge is -2.08. The molecule has 1 fully saturated rings. The van der Waals surface area contributed by atoms with Crippen molar-refractivity contribution in [2.75, 3.05) is 20.3 Å². The van der Waals surface area contributed by atoms with E-state index in [4.69, 9.17) is 19.3 Å². The summed E-state index contributed by atoms with van der Waals surface area (Å²) in [6.07, 6.45) is 0.171. The zero-order chi connectivity index (χ0) is 11.5. The molecule has 1 saturated heterocycles. The highest BCUT2D eigenvalue weighted by molar-refractivity contribution is 5.91. The van der Waals surface area contributed by atoms with E-state index in [2.05, 4.69) is 0 Å². The normalized spacial score (nSPS) is 17.9. The number of carboxylic acids is 1. The van der Waals surface area contributed by atoms with E-state index in [1.54, 1.807) is 12.1 Å². The van der Waals surface area contributed by atoms with Crippen molar-refractivity contribution in [1.82, 2.24) is 0 Å². The molecule has 0 aliphatic carbocycles. The van der Waals surface area contributed by atoms with Gasteiger partial charge in [-0.3, -0.25) is 0 Å². The first kappa shape index (κ1) is 10.8. The number of aromatic carboxylic acids is 1. The van der Waals surface area contributed by atoms with Gasteiger partial charge in [-0.1, -0.05) is 0 Å². The molecule has 0 spiro atoms. The van der Waals surface area contributed by atoms with Crippen LogP contribution in [-0.4, -0.2) is 37.5 Å². The summed E-state index contributed by atoms with van der Waals surface area (Å²) in [5.41, 5.74) is 0.123. The fraction of sp³-hybridized carbons (Fsp3) is 0.364. The Labute approximate surface area is 92.5 Å². The maximum atomic E-state index is 10.8. The summed E-state index contributed by atoms with van der Waals surface area (Å²) in [5, 5.41) is 8.87. The summed E-state index contributed by atoms with van der Waals surface area (Å²) in [4.78, 5) is 10.8. The fourth-order valence-corrected chi connectivity index (χ4v) is 1.29. The second-order valence-corrected chi connectivity index (χ2v) is 3.43. The van der Waals surface area contributed by atoms with Crippen molar-refractivity contribution >= 4 is 5.97 Å². The molecule has 2 rings (SSSR count). The third kappa shape index (κ3) is 2.43. The minimum absolute atomic E-state index is 0.123. The maximum absolute atomic E-state index is 10.8. The molecule has 1 N–H and O–H groups in total. The van der Waals surface area contributed by atoms with Crippen LogP contribution in [0.3, 0.4) is 0 Å². The molecule has 0 aromatic heterocycles. The van der Waals surface area contributed by atoms with Gasteiger partial charge in [-0.2, -0.15) is 0 Å². The predicted octanol–water partition coefficient (Wildman–Crippen LogP) is 1.17. The average Bonchev–Trinajstić information content (AvgIpc) is 3.09. The molecule has 5 heteroatoms. The molecule has 1 aliphatic rings. The van der Waals surface area contributed by atoms with Gasteiger partial charge in [-0.25, -0.2) is 4.79 Å². The van der Waals surface area contributed by atoms with Gasteiger partial charge in [0.1, 0.15) is 29.8 Å². The third-order valence-corrected chi connectivity index (χ3v) is 2.24. The molecule has 5 nitrogen and oxygen atoms in total. The van der Waals surface area contributed by atoms with Gasteiger partial charge in [0.25, 0.3) is 0 Å². The van der Waals surface area contributed by atoms with E-state index in [9.17, 15) is 4.79 Å². The van der Waals surface area contributed by atoms with Crippen molar-refractivity contribution in [3.8, 4) is 11.5 Å². The quantitative estimate of drug-likeness (QED) is 0.760. The molecule has 0 saturated carbocycles.